The molecule has 152 valence electrons. The molecule has 0 bridgehead atoms. The van der Waals surface area contributed by atoms with Crippen LogP contribution in [0.25, 0.3) is 0 Å². The third-order valence-corrected chi connectivity index (χ3v) is 4.08. The predicted octanol–water partition coefficient (Wildman–Crippen LogP) is 1.49. The van der Waals surface area contributed by atoms with Gasteiger partial charge in [0.25, 0.3) is 11.8 Å². The van der Waals surface area contributed by atoms with Crippen molar-refractivity contribution in [1.82, 2.24) is 10.2 Å². The van der Waals surface area contributed by atoms with Gasteiger partial charge >= 0.3 is 18.6 Å². The van der Waals surface area contributed by atoms with Crippen LogP contribution in [0.2, 0.25) is 0 Å². The van der Waals surface area contributed by atoms with E-state index in [2.05, 4.69) is 15.4 Å². The number of carbonyl (C=O) groups excluding carboxylic acids is 4. The molecule has 2 rings (SSSR count). The van der Waals surface area contributed by atoms with E-state index in [1.54, 1.807) is 6.92 Å². The first-order chi connectivity index (χ1) is 13.2. The lowest BCUT2D eigenvalue weighted by atomic mass is 9.99. The quantitative estimate of drug-likeness (QED) is 0.506. The van der Waals surface area contributed by atoms with Gasteiger partial charge in [-0.05, 0) is 25.5 Å². The number of hydrogen-bond acceptors (Lipinski definition) is 6. The minimum Gasteiger partial charge on any atom is -0.454 e. The van der Waals surface area contributed by atoms with E-state index in [4.69, 9.17) is 4.74 Å². The number of para-hydroxylation sites is 2. The zero-order valence-electron chi connectivity index (χ0n) is 15.2. The number of alkyl halides is 2. The summed E-state index contributed by atoms with van der Waals surface area (Å²) >= 11 is 0. The first-order valence-electron chi connectivity index (χ1n) is 8.29. The Labute approximate surface area is 159 Å². The molecule has 0 spiro atoms. The van der Waals surface area contributed by atoms with Crippen LogP contribution in [-0.4, -0.2) is 54.0 Å². The van der Waals surface area contributed by atoms with Crippen LogP contribution in [0.4, 0.5) is 19.3 Å². The Hall–Kier alpha value is -3.24. The van der Waals surface area contributed by atoms with Crippen LogP contribution in [0.3, 0.4) is 0 Å². The van der Waals surface area contributed by atoms with Gasteiger partial charge in [-0.25, -0.2) is 4.79 Å². The standard InChI is InChI=1S/C17H19F2N3O6/c1-3-17(2)14(25)22(16(26)21-17)8-13(24)27-9-12(23)20-10-6-4-5-7-11(10)28-15(18)19/h4-7,15H,3,8-9H2,1-2H3,(H,20,23)(H,21,26)/t17-/m1/s1. The molecule has 1 aliphatic heterocycles. The van der Waals surface area contributed by atoms with Gasteiger partial charge < -0.3 is 20.1 Å². The first kappa shape index (κ1) is 21.1. The second-order valence-electron chi connectivity index (χ2n) is 6.09. The van der Waals surface area contributed by atoms with Gasteiger partial charge in [0.15, 0.2) is 6.61 Å². The lowest BCUT2D eigenvalue weighted by molar-refractivity contribution is -0.150. The molecule has 1 fully saturated rings. The molecule has 1 heterocycles. The van der Waals surface area contributed by atoms with E-state index in [-0.39, 0.29) is 11.4 Å². The van der Waals surface area contributed by atoms with E-state index >= 15 is 0 Å². The van der Waals surface area contributed by atoms with Crippen molar-refractivity contribution in [3.05, 3.63) is 24.3 Å². The highest BCUT2D eigenvalue weighted by atomic mass is 19.3. The van der Waals surface area contributed by atoms with E-state index in [9.17, 15) is 28.0 Å². The molecule has 28 heavy (non-hydrogen) atoms. The van der Waals surface area contributed by atoms with Crippen LogP contribution >= 0.6 is 0 Å². The third kappa shape index (κ3) is 4.93. The average Bonchev–Trinajstić information content (AvgIpc) is 2.85. The molecular formula is C17H19F2N3O6. The van der Waals surface area contributed by atoms with Crippen molar-refractivity contribution in [1.29, 1.82) is 0 Å². The van der Waals surface area contributed by atoms with Crippen molar-refractivity contribution in [3.63, 3.8) is 0 Å². The highest BCUT2D eigenvalue weighted by Crippen LogP contribution is 2.25. The van der Waals surface area contributed by atoms with Crippen molar-refractivity contribution in [3.8, 4) is 5.75 Å². The van der Waals surface area contributed by atoms with Crippen molar-refractivity contribution >= 4 is 29.5 Å². The number of urea groups is 1. The normalized spacial score (nSPS) is 18.8. The summed E-state index contributed by atoms with van der Waals surface area (Å²) in [7, 11) is 0. The van der Waals surface area contributed by atoms with Gasteiger partial charge in [0.05, 0.1) is 5.69 Å². The predicted molar refractivity (Wildman–Crippen MR) is 91.6 cm³/mol. The molecule has 1 aromatic rings. The minimum atomic E-state index is -3.08. The second-order valence-corrected chi connectivity index (χ2v) is 6.09. The van der Waals surface area contributed by atoms with Gasteiger partial charge in [-0.2, -0.15) is 8.78 Å². The van der Waals surface area contributed by atoms with Crippen molar-refractivity contribution < 1.29 is 37.4 Å². The fourth-order valence-electron chi connectivity index (χ4n) is 2.41. The number of hydrogen-bond donors (Lipinski definition) is 2. The van der Waals surface area contributed by atoms with E-state index in [1.165, 1.54) is 31.2 Å². The Morgan fingerprint density at radius 2 is 1.96 bits per heavy atom. The highest BCUT2D eigenvalue weighted by Gasteiger charge is 2.47. The number of benzene rings is 1. The zero-order valence-corrected chi connectivity index (χ0v) is 15.2. The van der Waals surface area contributed by atoms with Gasteiger partial charge in [-0.15, -0.1) is 0 Å². The maximum atomic E-state index is 12.4. The van der Waals surface area contributed by atoms with Gasteiger partial charge in [0.1, 0.15) is 17.8 Å². The van der Waals surface area contributed by atoms with Crippen LogP contribution in [0.1, 0.15) is 20.3 Å². The minimum absolute atomic E-state index is 0.0309. The summed E-state index contributed by atoms with van der Waals surface area (Å²) in [4.78, 5) is 48.5. The molecule has 9 nitrogen and oxygen atoms in total. The van der Waals surface area contributed by atoms with E-state index in [0.29, 0.717) is 11.3 Å². The highest BCUT2D eigenvalue weighted by molar-refractivity contribution is 6.08. The molecule has 1 saturated heterocycles. The van der Waals surface area contributed by atoms with E-state index in [1.807, 2.05) is 0 Å². The average molecular weight is 399 g/mol. The number of imide groups is 1. The molecule has 1 aromatic carbocycles. The lowest BCUT2D eigenvalue weighted by Gasteiger charge is -2.18. The summed E-state index contributed by atoms with van der Waals surface area (Å²) in [5, 5.41) is 4.75. The summed E-state index contributed by atoms with van der Waals surface area (Å²) in [6, 6.07) is 4.76. The molecule has 0 saturated carbocycles. The van der Waals surface area contributed by atoms with Crippen molar-refractivity contribution in [2.75, 3.05) is 18.5 Å². The summed E-state index contributed by atoms with van der Waals surface area (Å²) in [6.45, 7) is -1.23. The summed E-state index contributed by atoms with van der Waals surface area (Å²) < 4.78 is 33.7. The van der Waals surface area contributed by atoms with Gasteiger partial charge in [-0.3, -0.25) is 19.3 Å². The molecule has 0 radical (unpaired) electrons. The molecule has 1 aliphatic rings. The number of nitrogens with zero attached hydrogens (tertiary/aromatic N) is 1. The monoisotopic (exact) mass is 399 g/mol. The number of nitrogens with one attached hydrogen (secondary N) is 2. The number of halogens is 2. The molecule has 11 heteroatoms. The SMILES string of the molecule is CC[C@@]1(C)NC(=O)N(CC(=O)OCC(=O)Nc2ccccc2OC(F)F)C1=O. The van der Waals surface area contributed by atoms with Crippen molar-refractivity contribution in [2.45, 2.75) is 32.4 Å². The largest absolute Gasteiger partial charge is 0.454 e. The first-order valence-corrected chi connectivity index (χ1v) is 8.29. The van der Waals surface area contributed by atoms with Gasteiger partial charge in [-0.1, -0.05) is 19.1 Å². The Bertz CT molecular complexity index is 788. The molecular weight excluding hydrogens is 380 g/mol. The van der Waals surface area contributed by atoms with Crippen molar-refractivity contribution in [2.24, 2.45) is 0 Å². The van der Waals surface area contributed by atoms with Crippen LogP contribution in [0.5, 0.6) is 5.75 Å². The Kier molecular flexibility index (Phi) is 6.49. The molecule has 0 unspecified atom stereocenters. The number of anilines is 1. The Balaban J connectivity index is 1.88. The molecule has 4 amide bonds. The topological polar surface area (TPSA) is 114 Å². The number of ether oxygens (including phenoxy) is 2. The summed E-state index contributed by atoms with van der Waals surface area (Å²) in [5.74, 6) is -2.61. The lowest BCUT2D eigenvalue weighted by Crippen LogP contribution is -2.43. The number of rotatable bonds is 8. The summed E-state index contributed by atoms with van der Waals surface area (Å²) in [6.07, 6.45) is 0.339. The fraction of sp³-hybridized carbons (Fsp3) is 0.412. The van der Waals surface area contributed by atoms with Crippen LogP contribution in [-0.2, 0) is 19.1 Å². The maximum Gasteiger partial charge on any atom is 0.387 e. The van der Waals surface area contributed by atoms with Crippen LogP contribution in [0, 0.1) is 0 Å². The van der Waals surface area contributed by atoms with Crippen LogP contribution < -0.4 is 15.4 Å². The fourth-order valence-corrected chi connectivity index (χ4v) is 2.41. The molecule has 2 N–H and O–H groups in total. The Morgan fingerprint density at radius 1 is 1.29 bits per heavy atom. The summed E-state index contributed by atoms with van der Waals surface area (Å²) in [5.41, 5.74) is -1.12. The van der Waals surface area contributed by atoms with E-state index in [0.717, 1.165) is 0 Å². The molecule has 0 aliphatic carbocycles. The van der Waals surface area contributed by atoms with Crippen LogP contribution in [0.15, 0.2) is 24.3 Å². The van der Waals surface area contributed by atoms with Gasteiger partial charge in [0, 0.05) is 0 Å². The number of carbonyl (C=O) groups is 4. The number of amides is 4. The smallest absolute Gasteiger partial charge is 0.387 e. The Morgan fingerprint density at radius 3 is 2.57 bits per heavy atom. The van der Waals surface area contributed by atoms with Gasteiger partial charge in [0.2, 0.25) is 0 Å². The maximum absolute atomic E-state index is 12.4. The second kappa shape index (κ2) is 8.63. The van der Waals surface area contributed by atoms with E-state index < -0.39 is 49.1 Å². The molecule has 1 atom stereocenters. The zero-order chi connectivity index (χ0) is 20.9. The number of esters is 1. The third-order valence-electron chi connectivity index (χ3n) is 4.08. The molecule has 0 aromatic heterocycles.